The number of allylic oxidation sites excluding steroid dienone is 1. The number of rotatable bonds is 2. The first-order valence-electron chi connectivity index (χ1n) is 6.06. The molecule has 1 aromatic carbocycles. The Bertz CT molecular complexity index is 671. The van der Waals surface area contributed by atoms with Gasteiger partial charge in [-0.2, -0.15) is 10.5 Å². The summed E-state index contributed by atoms with van der Waals surface area (Å²) in [6.45, 7) is 0.508. The summed E-state index contributed by atoms with van der Waals surface area (Å²) in [5.74, 6) is -0.351. The van der Waals surface area contributed by atoms with Crippen molar-refractivity contribution in [3.63, 3.8) is 0 Å². The van der Waals surface area contributed by atoms with Crippen LogP contribution in [-0.4, -0.2) is 12.5 Å². The lowest BCUT2D eigenvalue weighted by Crippen LogP contribution is -2.33. The quantitative estimate of drug-likeness (QED) is 0.784. The molecule has 1 aliphatic heterocycles. The molecule has 0 aromatic heterocycles. The summed E-state index contributed by atoms with van der Waals surface area (Å²) >= 11 is 0. The molecule has 1 amide bonds. The molecule has 20 heavy (non-hydrogen) atoms. The maximum atomic E-state index is 12.1. The Balaban J connectivity index is 2.68. The molecular formula is C15H12N4O. The predicted octanol–water partition coefficient (Wildman–Crippen LogP) is 1.22. The summed E-state index contributed by atoms with van der Waals surface area (Å²) in [6.07, 6.45) is 0.607. The third-order valence-corrected chi connectivity index (χ3v) is 3.07. The number of hydrogen-bond acceptors (Lipinski definition) is 4. The third kappa shape index (κ3) is 2.38. The van der Waals surface area contributed by atoms with Crippen LogP contribution in [0.1, 0.15) is 12.0 Å². The van der Waals surface area contributed by atoms with E-state index in [2.05, 4.69) is 5.32 Å². The minimum absolute atomic E-state index is 0.0638. The van der Waals surface area contributed by atoms with Crippen molar-refractivity contribution in [2.45, 2.75) is 6.42 Å². The van der Waals surface area contributed by atoms with Crippen LogP contribution < -0.4 is 11.1 Å². The van der Waals surface area contributed by atoms with Gasteiger partial charge in [-0.3, -0.25) is 4.79 Å². The van der Waals surface area contributed by atoms with Gasteiger partial charge < -0.3 is 11.1 Å². The lowest BCUT2D eigenvalue weighted by molar-refractivity contribution is -0.117. The molecule has 5 heteroatoms. The predicted molar refractivity (Wildman–Crippen MR) is 73.4 cm³/mol. The zero-order valence-electron chi connectivity index (χ0n) is 10.7. The second-order valence-electron chi connectivity index (χ2n) is 4.24. The lowest BCUT2D eigenvalue weighted by atomic mass is 9.91. The van der Waals surface area contributed by atoms with Gasteiger partial charge in [0.15, 0.2) is 5.57 Å². The fraction of sp³-hybridized carbons (Fsp3) is 0.133. The van der Waals surface area contributed by atoms with Crippen LogP contribution in [0.5, 0.6) is 0 Å². The van der Waals surface area contributed by atoms with Gasteiger partial charge in [0.05, 0.1) is 11.3 Å². The van der Waals surface area contributed by atoms with Crippen molar-refractivity contribution in [1.29, 1.82) is 10.5 Å². The van der Waals surface area contributed by atoms with Gasteiger partial charge in [-0.1, -0.05) is 30.3 Å². The van der Waals surface area contributed by atoms with Gasteiger partial charge in [-0.25, -0.2) is 0 Å². The van der Waals surface area contributed by atoms with Crippen molar-refractivity contribution in [3.05, 3.63) is 52.7 Å². The van der Waals surface area contributed by atoms with Crippen molar-refractivity contribution in [1.82, 2.24) is 5.32 Å². The van der Waals surface area contributed by atoms with E-state index in [-0.39, 0.29) is 22.8 Å². The Morgan fingerprint density at radius 3 is 2.45 bits per heavy atom. The maximum absolute atomic E-state index is 12.1. The Kier molecular flexibility index (Phi) is 3.83. The van der Waals surface area contributed by atoms with Gasteiger partial charge >= 0.3 is 0 Å². The van der Waals surface area contributed by atoms with Crippen LogP contribution in [0.4, 0.5) is 0 Å². The highest BCUT2D eigenvalue weighted by Gasteiger charge is 2.25. The molecule has 1 heterocycles. The zero-order valence-corrected chi connectivity index (χ0v) is 10.7. The molecule has 0 bridgehead atoms. The number of amides is 1. The first-order chi connectivity index (χ1) is 9.69. The van der Waals surface area contributed by atoms with Gasteiger partial charge in [-0.15, -0.1) is 0 Å². The minimum atomic E-state index is -0.351. The molecule has 0 saturated carbocycles. The average molecular weight is 264 g/mol. The Hall–Kier alpha value is -3.05. The molecule has 0 unspecified atom stereocenters. The molecule has 0 radical (unpaired) electrons. The molecule has 1 aliphatic rings. The van der Waals surface area contributed by atoms with Gasteiger partial charge in [0, 0.05) is 6.54 Å². The molecular weight excluding hydrogens is 252 g/mol. The molecule has 0 fully saturated rings. The highest BCUT2D eigenvalue weighted by molar-refractivity contribution is 6.07. The van der Waals surface area contributed by atoms with Gasteiger partial charge in [0.2, 0.25) is 0 Å². The van der Waals surface area contributed by atoms with Crippen molar-refractivity contribution in [3.8, 4) is 12.1 Å². The van der Waals surface area contributed by atoms with Crippen molar-refractivity contribution >= 4 is 11.5 Å². The molecule has 2 rings (SSSR count). The van der Waals surface area contributed by atoms with Crippen LogP contribution in [0.3, 0.4) is 0 Å². The number of carbonyl (C=O) groups excluding carboxylic acids is 1. The molecule has 0 saturated heterocycles. The minimum Gasteiger partial charge on any atom is -0.396 e. The highest BCUT2D eigenvalue weighted by Crippen LogP contribution is 2.28. The Morgan fingerprint density at radius 1 is 1.20 bits per heavy atom. The van der Waals surface area contributed by atoms with E-state index >= 15 is 0 Å². The fourth-order valence-corrected chi connectivity index (χ4v) is 2.13. The van der Waals surface area contributed by atoms with E-state index in [4.69, 9.17) is 16.3 Å². The first-order valence-corrected chi connectivity index (χ1v) is 6.06. The van der Waals surface area contributed by atoms with Crippen LogP contribution in [0.2, 0.25) is 0 Å². The summed E-state index contributed by atoms with van der Waals surface area (Å²) in [5.41, 5.74) is 7.39. The molecule has 98 valence electrons. The summed E-state index contributed by atoms with van der Waals surface area (Å²) in [6, 6.07) is 12.8. The van der Waals surface area contributed by atoms with Crippen LogP contribution in [-0.2, 0) is 4.79 Å². The topological polar surface area (TPSA) is 103 Å². The second-order valence-corrected chi connectivity index (χ2v) is 4.24. The number of nitrogens with two attached hydrogens (primary N) is 1. The molecule has 0 aliphatic carbocycles. The van der Waals surface area contributed by atoms with Crippen molar-refractivity contribution < 1.29 is 4.79 Å². The van der Waals surface area contributed by atoms with E-state index in [1.807, 2.05) is 30.3 Å². The highest BCUT2D eigenvalue weighted by atomic mass is 16.1. The van der Waals surface area contributed by atoms with Crippen LogP contribution in [0.25, 0.3) is 5.57 Å². The smallest absolute Gasteiger partial charge is 0.253 e. The third-order valence-electron chi connectivity index (χ3n) is 3.07. The summed E-state index contributed by atoms with van der Waals surface area (Å²) in [5, 5.41) is 20.5. The molecule has 0 spiro atoms. The molecule has 1 aromatic rings. The van der Waals surface area contributed by atoms with E-state index in [9.17, 15) is 4.79 Å². The Morgan fingerprint density at radius 2 is 1.85 bits per heavy atom. The van der Waals surface area contributed by atoms with Crippen LogP contribution >= 0.6 is 0 Å². The van der Waals surface area contributed by atoms with Crippen molar-refractivity contribution in [2.24, 2.45) is 5.73 Å². The van der Waals surface area contributed by atoms with E-state index in [0.717, 1.165) is 11.1 Å². The van der Waals surface area contributed by atoms with Crippen LogP contribution in [0.15, 0.2) is 47.2 Å². The van der Waals surface area contributed by atoms with E-state index in [1.165, 1.54) is 0 Å². The largest absolute Gasteiger partial charge is 0.396 e. The SMILES string of the molecule is N#CC(C#N)=C(N)C1=C(c2ccccc2)CCNC1=O. The fourth-order valence-electron chi connectivity index (χ4n) is 2.13. The number of carbonyl (C=O) groups is 1. The average Bonchev–Trinajstić information content (AvgIpc) is 2.49. The van der Waals surface area contributed by atoms with E-state index in [1.54, 1.807) is 12.1 Å². The summed E-state index contributed by atoms with van der Waals surface area (Å²) in [4.78, 5) is 12.1. The van der Waals surface area contributed by atoms with Crippen LogP contribution in [0, 0.1) is 22.7 Å². The maximum Gasteiger partial charge on any atom is 0.253 e. The Labute approximate surface area is 116 Å². The second kappa shape index (κ2) is 5.73. The summed E-state index contributed by atoms with van der Waals surface area (Å²) in [7, 11) is 0. The monoisotopic (exact) mass is 264 g/mol. The molecule has 0 atom stereocenters. The number of benzene rings is 1. The van der Waals surface area contributed by atoms with Gasteiger partial charge in [0.25, 0.3) is 5.91 Å². The number of nitrogens with zero attached hydrogens (tertiary/aromatic N) is 2. The van der Waals surface area contributed by atoms with Gasteiger partial charge in [-0.05, 0) is 17.6 Å². The first kappa shape index (κ1) is 13.4. The number of hydrogen-bond donors (Lipinski definition) is 2. The lowest BCUT2D eigenvalue weighted by Gasteiger charge is -2.21. The van der Waals surface area contributed by atoms with Crippen molar-refractivity contribution in [2.75, 3.05) is 6.54 Å². The standard InChI is InChI=1S/C15H12N4O/c16-8-11(9-17)14(18)13-12(6-7-19-15(13)20)10-4-2-1-3-5-10/h1-5H,6-7,18H2,(H,19,20). The number of nitrogens with one attached hydrogen (secondary N) is 1. The summed E-state index contributed by atoms with van der Waals surface area (Å²) < 4.78 is 0. The van der Waals surface area contributed by atoms with E-state index in [0.29, 0.717) is 13.0 Å². The molecule has 3 N–H and O–H groups in total. The van der Waals surface area contributed by atoms with Gasteiger partial charge in [0.1, 0.15) is 12.1 Å². The molecule has 5 nitrogen and oxygen atoms in total. The number of nitriles is 2. The van der Waals surface area contributed by atoms with E-state index < -0.39 is 0 Å². The zero-order chi connectivity index (χ0) is 14.5. The normalized spacial score (nSPS) is 14.0.